The minimum absolute atomic E-state index is 0.408. The minimum Gasteiger partial charge on any atom is -0.497 e. The van der Waals surface area contributed by atoms with Crippen LogP contribution in [-0.2, 0) is 6.42 Å². The summed E-state index contributed by atoms with van der Waals surface area (Å²) in [5.41, 5.74) is 1.87. The third-order valence-corrected chi connectivity index (χ3v) is 2.31. The molecule has 0 bridgehead atoms. The molecule has 0 aliphatic carbocycles. The van der Waals surface area contributed by atoms with Crippen molar-refractivity contribution in [1.29, 1.82) is 5.26 Å². The van der Waals surface area contributed by atoms with Crippen molar-refractivity contribution in [2.75, 3.05) is 7.11 Å². The zero-order valence-electron chi connectivity index (χ0n) is 8.40. The molecule has 15 heavy (non-hydrogen) atoms. The van der Waals surface area contributed by atoms with Crippen LogP contribution in [-0.4, -0.2) is 12.1 Å². The molecule has 0 atom stereocenters. The molecule has 1 aromatic carbocycles. The molecule has 0 aliphatic heterocycles. The largest absolute Gasteiger partial charge is 0.497 e. The highest BCUT2D eigenvalue weighted by Gasteiger charge is 2.02. The lowest BCUT2D eigenvalue weighted by atomic mass is 10.1. The van der Waals surface area contributed by atoms with Gasteiger partial charge in [-0.05, 0) is 23.8 Å². The summed E-state index contributed by atoms with van der Waals surface area (Å²) in [5, 5.41) is 9.70. The summed E-state index contributed by atoms with van der Waals surface area (Å²) >= 11 is 0. The molecular formula is C12H10N2O. The second kappa shape index (κ2) is 3.97. The van der Waals surface area contributed by atoms with Crippen LogP contribution in [0.15, 0.2) is 30.5 Å². The molecule has 1 heterocycles. The Morgan fingerprint density at radius 2 is 2.27 bits per heavy atom. The maximum Gasteiger partial charge on any atom is 0.121 e. The zero-order chi connectivity index (χ0) is 10.7. The van der Waals surface area contributed by atoms with Gasteiger partial charge < -0.3 is 4.74 Å². The van der Waals surface area contributed by atoms with E-state index < -0.39 is 0 Å². The van der Waals surface area contributed by atoms with Gasteiger partial charge >= 0.3 is 0 Å². The maximum absolute atomic E-state index is 8.68. The van der Waals surface area contributed by atoms with Gasteiger partial charge in [-0.25, -0.2) is 0 Å². The van der Waals surface area contributed by atoms with Crippen LogP contribution in [0.1, 0.15) is 5.56 Å². The highest BCUT2D eigenvalue weighted by Crippen LogP contribution is 2.21. The minimum atomic E-state index is 0.408. The highest BCUT2D eigenvalue weighted by atomic mass is 16.5. The average Bonchev–Trinajstić information content (AvgIpc) is 2.29. The van der Waals surface area contributed by atoms with Crippen molar-refractivity contribution >= 4 is 10.9 Å². The SMILES string of the molecule is COc1ccc2c(CC#N)ccnc2c1. The van der Waals surface area contributed by atoms with Crippen molar-refractivity contribution in [3.8, 4) is 11.8 Å². The smallest absolute Gasteiger partial charge is 0.121 e. The van der Waals surface area contributed by atoms with Crippen molar-refractivity contribution in [3.63, 3.8) is 0 Å². The molecule has 74 valence electrons. The van der Waals surface area contributed by atoms with Gasteiger partial charge in [0.25, 0.3) is 0 Å². The summed E-state index contributed by atoms with van der Waals surface area (Å²) in [6.07, 6.45) is 2.12. The summed E-state index contributed by atoms with van der Waals surface area (Å²) in [6.45, 7) is 0. The molecule has 0 saturated heterocycles. The quantitative estimate of drug-likeness (QED) is 0.743. The average molecular weight is 198 g/mol. The Hall–Kier alpha value is -2.08. The summed E-state index contributed by atoms with van der Waals surface area (Å²) in [6, 6.07) is 9.71. The number of aromatic nitrogens is 1. The number of methoxy groups -OCH3 is 1. The summed E-state index contributed by atoms with van der Waals surface area (Å²) in [7, 11) is 1.63. The molecule has 0 saturated carbocycles. The van der Waals surface area contributed by atoms with Gasteiger partial charge in [-0.15, -0.1) is 0 Å². The number of ether oxygens (including phenoxy) is 1. The molecule has 1 aromatic heterocycles. The van der Waals surface area contributed by atoms with Crippen LogP contribution in [0, 0.1) is 11.3 Å². The first kappa shape index (κ1) is 9.47. The molecule has 0 N–H and O–H groups in total. The second-order valence-corrected chi connectivity index (χ2v) is 3.19. The van der Waals surface area contributed by atoms with E-state index >= 15 is 0 Å². The lowest BCUT2D eigenvalue weighted by Gasteiger charge is -2.04. The molecule has 0 spiro atoms. The van der Waals surface area contributed by atoms with Crippen molar-refractivity contribution < 1.29 is 4.74 Å². The van der Waals surface area contributed by atoms with E-state index in [0.717, 1.165) is 22.2 Å². The number of benzene rings is 1. The summed E-state index contributed by atoms with van der Waals surface area (Å²) < 4.78 is 5.12. The molecule has 2 rings (SSSR count). The number of nitriles is 1. The highest BCUT2D eigenvalue weighted by molar-refractivity contribution is 5.83. The Balaban J connectivity index is 2.62. The van der Waals surface area contributed by atoms with Gasteiger partial charge in [-0.3, -0.25) is 4.98 Å². The van der Waals surface area contributed by atoms with Crippen LogP contribution in [0.3, 0.4) is 0 Å². The van der Waals surface area contributed by atoms with Gasteiger partial charge in [-0.2, -0.15) is 5.26 Å². The van der Waals surface area contributed by atoms with Crippen LogP contribution in [0.4, 0.5) is 0 Å². The van der Waals surface area contributed by atoms with Crippen LogP contribution in [0.25, 0.3) is 10.9 Å². The molecule has 0 amide bonds. The summed E-state index contributed by atoms with van der Waals surface area (Å²) in [4.78, 5) is 4.24. The number of hydrogen-bond donors (Lipinski definition) is 0. The van der Waals surface area contributed by atoms with E-state index in [0.29, 0.717) is 6.42 Å². The van der Waals surface area contributed by atoms with Crippen molar-refractivity contribution in [2.24, 2.45) is 0 Å². The van der Waals surface area contributed by atoms with Gasteiger partial charge in [0.05, 0.1) is 25.1 Å². The van der Waals surface area contributed by atoms with Gasteiger partial charge in [0, 0.05) is 17.6 Å². The van der Waals surface area contributed by atoms with Crippen molar-refractivity contribution in [3.05, 3.63) is 36.0 Å². The van der Waals surface area contributed by atoms with Crippen LogP contribution < -0.4 is 4.74 Å². The first-order valence-electron chi connectivity index (χ1n) is 4.63. The maximum atomic E-state index is 8.68. The fourth-order valence-corrected chi connectivity index (χ4v) is 1.55. The Morgan fingerprint density at radius 3 is 3.00 bits per heavy atom. The first-order valence-corrected chi connectivity index (χ1v) is 4.63. The molecule has 0 aliphatic rings. The molecule has 0 unspecified atom stereocenters. The zero-order valence-corrected chi connectivity index (χ0v) is 8.40. The molecule has 0 radical (unpaired) electrons. The van der Waals surface area contributed by atoms with Gasteiger partial charge in [0.15, 0.2) is 0 Å². The Bertz CT molecular complexity index is 529. The number of pyridine rings is 1. The fraction of sp³-hybridized carbons (Fsp3) is 0.167. The Morgan fingerprint density at radius 1 is 1.40 bits per heavy atom. The Kier molecular flexibility index (Phi) is 2.51. The van der Waals surface area contributed by atoms with E-state index in [2.05, 4.69) is 11.1 Å². The first-order chi connectivity index (χ1) is 7.35. The van der Waals surface area contributed by atoms with E-state index in [9.17, 15) is 0 Å². The lowest BCUT2D eigenvalue weighted by molar-refractivity contribution is 0.415. The number of fused-ring (bicyclic) bond motifs is 1. The van der Waals surface area contributed by atoms with Crippen LogP contribution >= 0.6 is 0 Å². The number of hydrogen-bond acceptors (Lipinski definition) is 3. The normalized spacial score (nSPS) is 9.87. The van der Waals surface area contributed by atoms with Crippen LogP contribution in [0.5, 0.6) is 5.75 Å². The van der Waals surface area contributed by atoms with E-state index in [4.69, 9.17) is 10.00 Å². The molecule has 0 fully saturated rings. The number of rotatable bonds is 2. The van der Waals surface area contributed by atoms with E-state index in [1.165, 1.54) is 0 Å². The second-order valence-electron chi connectivity index (χ2n) is 3.19. The van der Waals surface area contributed by atoms with Crippen LogP contribution in [0.2, 0.25) is 0 Å². The standard InChI is InChI=1S/C12H10N2O/c1-15-10-2-3-11-9(4-6-13)5-7-14-12(11)8-10/h2-3,5,7-8H,4H2,1H3. The summed E-state index contributed by atoms with van der Waals surface area (Å²) in [5.74, 6) is 0.782. The van der Waals surface area contributed by atoms with E-state index in [1.807, 2.05) is 24.3 Å². The topological polar surface area (TPSA) is 45.9 Å². The lowest BCUT2D eigenvalue weighted by Crippen LogP contribution is -1.89. The van der Waals surface area contributed by atoms with Gasteiger partial charge in [0.1, 0.15) is 5.75 Å². The van der Waals surface area contributed by atoms with E-state index in [-0.39, 0.29) is 0 Å². The predicted octanol–water partition coefficient (Wildman–Crippen LogP) is 2.31. The number of nitrogens with zero attached hydrogens (tertiary/aromatic N) is 2. The molecule has 3 heteroatoms. The van der Waals surface area contributed by atoms with Crippen molar-refractivity contribution in [1.82, 2.24) is 4.98 Å². The van der Waals surface area contributed by atoms with Gasteiger partial charge in [0.2, 0.25) is 0 Å². The molecular weight excluding hydrogens is 188 g/mol. The van der Waals surface area contributed by atoms with Gasteiger partial charge in [-0.1, -0.05) is 0 Å². The van der Waals surface area contributed by atoms with Crippen molar-refractivity contribution in [2.45, 2.75) is 6.42 Å². The monoisotopic (exact) mass is 198 g/mol. The Labute approximate surface area is 87.9 Å². The predicted molar refractivity (Wildman–Crippen MR) is 57.6 cm³/mol. The van der Waals surface area contributed by atoms with E-state index in [1.54, 1.807) is 13.3 Å². The fourth-order valence-electron chi connectivity index (χ4n) is 1.55. The third-order valence-electron chi connectivity index (χ3n) is 2.31. The molecule has 3 nitrogen and oxygen atoms in total. The third kappa shape index (κ3) is 1.75. The molecule has 2 aromatic rings.